The number of nitrogens with two attached hydrogens (primary N) is 1. The molecule has 0 radical (unpaired) electrons. The Bertz CT molecular complexity index is 1400. The predicted molar refractivity (Wildman–Crippen MR) is 134 cm³/mol. The Balaban J connectivity index is 1.08. The molecular weight excluding hydrogens is 448 g/mol. The van der Waals surface area contributed by atoms with Gasteiger partial charge in [0.15, 0.2) is 0 Å². The van der Waals surface area contributed by atoms with E-state index in [2.05, 4.69) is 44.5 Å². The van der Waals surface area contributed by atoms with Crippen LogP contribution in [0.15, 0.2) is 61.1 Å². The summed E-state index contributed by atoms with van der Waals surface area (Å²) in [7, 11) is 0. The zero-order valence-corrected chi connectivity index (χ0v) is 19.3. The molecule has 7 nitrogen and oxygen atoms in total. The van der Waals surface area contributed by atoms with Crippen molar-refractivity contribution in [2.45, 2.75) is 37.6 Å². The number of aromatic nitrogens is 3. The summed E-state index contributed by atoms with van der Waals surface area (Å²) in [6.07, 6.45) is 9.25. The van der Waals surface area contributed by atoms with Crippen LogP contribution in [0.2, 0.25) is 5.02 Å². The number of pyridine rings is 2. The molecule has 172 valence electrons. The van der Waals surface area contributed by atoms with Gasteiger partial charge >= 0.3 is 0 Å². The van der Waals surface area contributed by atoms with E-state index in [0.717, 1.165) is 29.0 Å². The molecule has 3 aromatic heterocycles. The molecule has 0 spiro atoms. The van der Waals surface area contributed by atoms with Gasteiger partial charge in [-0.3, -0.25) is 4.79 Å². The summed E-state index contributed by atoms with van der Waals surface area (Å²) in [4.78, 5) is 21.8. The quantitative estimate of drug-likeness (QED) is 0.321. The zero-order valence-electron chi connectivity index (χ0n) is 18.5. The van der Waals surface area contributed by atoms with Gasteiger partial charge in [-0.05, 0) is 72.6 Å². The maximum Gasteiger partial charge on any atom is 0.229 e. The van der Waals surface area contributed by atoms with E-state index in [9.17, 15) is 4.79 Å². The third-order valence-corrected chi connectivity index (χ3v) is 6.87. The molecule has 2 fully saturated rings. The molecule has 2 saturated carbocycles. The summed E-state index contributed by atoms with van der Waals surface area (Å²) in [5.41, 5.74) is 11.8. The largest absolute Gasteiger partial charge is 0.398 e. The van der Waals surface area contributed by atoms with Crippen LogP contribution in [0.5, 0.6) is 0 Å². The van der Waals surface area contributed by atoms with Crippen LogP contribution in [0.4, 0.5) is 17.2 Å². The molecule has 2 aliphatic rings. The van der Waals surface area contributed by atoms with Crippen LogP contribution in [0.1, 0.15) is 47.9 Å². The lowest BCUT2D eigenvalue weighted by Gasteiger charge is -2.09. The Morgan fingerprint density at radius 1 is 1.15 bits per heavy atom. The molecule has 0 unspecified atom stereocenters. The fraction of sp³-hybridized carbons (Fsp3) is 0.269. The van der Waals surface area contributed by atoms with Crippen molar-refractivity contribution >= 4 is 40.3 Å². The second-order valence-corrected chi connectivity index (χ2v) is 9.67. The zero-order chi connectivity index (χ0) is 23.2. The Kier molecular flexibility index (Phi) is 5.14. The second kappa shape index (κ2) is 8.33. The lowest BCUT2D eigenvalue weighted by atomic mass is 10.1. The van der Waals surface area contributed by atoms with E-state index in [1.165, 1.54) is 18.4 Å². The summed E-state index contributed by atoms with van der Waals surface area (Å²) in [6, 6.07) is 13.4. The summed E-state index contributed by atoms with van der Waals surface area (Å²) in [5, 5.41) is 6.95. The number of carbonyl (C=O) groups is 1. The van der Waals surface area contributed by atoms with Crippen molar-refractivity contribution in [1.82, 2.24) is 14.4 Å². The van der Waals surface area contributed by atoms with Gasteiger partial charge in [0.05, 0.1) is 12.2 Å². The highest BCUT2D eigenvalue weighted by Gasteiger charge is 2.45. The number of rotatable bonds is 7. The molecule has 34 heavy (non-hydrogen) atoms. The lowest BCUT2D eigenvalue weighted by Crippen LogP contribution is -2.16. The maximum absolute atomic E-state index is 12.8. The number of halogens is 1. The van der Waals surface area contributed by atoms with Crippen LogP contribution < -0.4 is 16.4 Å². The molecular formula is C26H25ClN6O. The van der Waals surface area contributed by atoms with E-state index in [4.69, 9.17) is 22.3 Å². The number of fused-ring (bicyclic) bond motifs is 1. The fourth-order valence-electron chi connectivity index (χ4n) is 4.52. The first-order chi connectivity index (χ1) is 16.5. The highest BCUT2D eigenvalue weighted by Crippen LogP contribution is 2.50. The number of nitrogens with zero attached hydrogens (tertiary/aromatic N) is 3. The highest BCUT2D eigenvalue weighted by molar-refractivity contribution is 6.30. The summed E-state index contributed by atoms with van der Waals surface area (Å²) >= 11 is 6.10. The van der Waals surface area contributed by atoms with Crippen LogP contribution in [-0.4, -0.2) is 20.3 Å². The number of anilines is 3. The number of carbonyl (C=O) groups excluding carboxylic acids is 1. The number of hydrogen-bond donors (Lipinski definition) is 3. The molecule has 1 aromatic carbocycles. The summed E-state index contributed by atoms with van der Waals surface area (Å²) in [6.45, 7) is 0.580. The van der Waals surface area contributed by atoms with Gasteiger partial charge in [-0.2, -0.15) is 0 Å². The van der Waals surface area contributed by atoms with E-state index in [1.54, 1.807) is 18.3 Å². The highest BCUT2D eigenvalue weighted by atomic mass is 35.5. The first-order valence-electron chi connectivity index (χ1n) is 11.6. The molecule has 2 aliphatic carbocycles. The molecule has 3 heterocycles. The average Bonchev–Trinajstić information content (AvgIpc) is 3.76. The number of imidazole rings is 1. The SMILES string of the molecule is Nc1ccc(Cl)cc1[C@H]1C[C@@H]1C(=O)Nc1cc(NCc2cn3cc(C4CC4)ccc3n2)ccn1. The van der Waals surface area contributed by atoms with Crippen molar-refractivity contribution in [1.29, 1.82) is 0 Å². The fourth-order valence-corrected chi connectivity index (χ4v) is 4.70. The minimum absolute atomic E-state index is 0.0548. The first-order valence-corrected chi connectivity index (χ1v) is 11.9. The maximum atomic E-state index is 12.8. The van der Waals surface area contributed by atoms with Gasteiger partial charge < -0.3 is 20.8 Å². The van der Waals surface area contributed by atoms with Crippen molar-refractivity contribution in [3.8, 4) is 0 Å². The molecule has 4 aromatic rings. The second-order valence-electron chi connectivity index (χ2n) is 9.23. The number of benzene rings is 1. The Labute approximate surface area is 202 Å². The standard InChI is InChI=1S/C26H25ClN6O/c27-17-4-5-23(28)21(9-17)20-11-22(20)26(34)32-24-10-18(7-8-29-24)30-12-19-14-33-13-16(15-1-2-15)3-6-25(33)31-19/h3-10,13-15,20,22H,1-2,11-12,28H2,(H2,29,30,32,34)/t20-,22+/m1/s1. The van der Waals surface area contributed by atoms with E-state index >= 15 is 0 Å². The van der Waals surface area contributed by atoms with Crippen molar-refractivity contribution in [3.05, 3.63) is 82.9 Å². The van der Waals surface area contributed by atoms with Gasteiger partial charge in [0.25, 0.3) is 0 Å². The smallest absolute Gasteiger partial charge is 0.229 e. The van der Waals surface area contributed by atoms with Crippen LogP contribution >= 0.6 is 11.6 Å². The lowest BCUT2D eigenvalue weighted by molar-refractivity contribution is -0.117. The topological polar surface area (TPSA) is 97.3 Å². The van der Waals surface area contributed by atoms with Gasteiger partial charge in [0.1, 0.15) is 11.5 Å². The molecule has 6 rings (SSSR count). The van der Waals surface area contributed by atoms with Crippen molar-refractivity contribution < 1.29 is 4.79 Å². The molecule has 8 heteroatoms. The average molecular weight is 473 g/mol. The van der Waals surface area contributed by atoms with Gasteiger partial charge in [-0.25, -0.2) is 9.97 Å². The van der Waals surface area contributed by atoms with E-state index < -0.39 is 0 Å². The van der Waals surface area contributed by atoms with Gasteiger partial charge in [-0.15, -0.1) is 0 Å². The van der Waals surface area contributed by atoms with E-state index in [1.807, 2.05) is 18.2 Å². The third-order valence-electron chi connectivity index (χ3n) is 6.63. The third kappa shape index (κ3) is 4.31. The molecule has 1 amide bonds. The van der Waals surface area contributed by atoms with Crippen molar-refractivity contribution in [2.75, 3.05) is 16.4 Å². The minimum atomic E-state index is -0.127. The number of nitrogens with one attached hydrogen (secondary N) is 2. The van der Waals surface area contributed by atoms with Gasteiger partial charge in [-0.1, -0.05) is 17.7 Å². The normalized spacial score (nSPS) is 19.2. The van der Waals surface area contributed by atoms with Crippen LogP contribution in [0.25, 0.3) is 5.65 Å². The van der Waals surface area contributed by atoms with E-state index in [0.29, 0.717) is 29.0 Å². The Morgan fingerprint density at radius 2 is 2.03 bits per heavy atom. The van der Waals surface area contributed by atoms with Crippen LogP contribution in [0, 0.1) is 5.92 Å². The molecule has 0 saturated heterocycles. The van der Waals surface area contributed by atoms with Gasteiger partial charge in [0.2, 0.25) is 5.91 Å². The van der Waals surface area contributed by atoms with Crippen molar-refractivity contribution in [3.63, 3.8) is 0 Å². The number of amides is 1. The molecule has 2 atom stereocenters. The summed E-state index contributed by atoms with van der Waals surface area (Å²) in [5.74, 6) is 1.14. The number of hydrogen-bond acceptors (Lipinski definition) is 5. The predicted octanol–water partition coefficient (Wildman–Crippen LogP) is 5.20. The Morgan fingerprint density at radius 3 is 2.88 bits per heavy atom. The molecule has 0 aliphatic heterocycles. The van der Waals surface area contributed by atoms with E-state index in [-0.39, 0.29) is 17.7 Å². The Hall–Kier alpha value is -3.58. The molecule has 0 bridgehead atoms. The van der Waals surface area contributed by atoms with Gasteiger partial charge in [0, 0.05) is 47.0 Å². The van der Waals surface area contributed by atoms with Crippen molar-refractivity contribution in [2.24, 2.45) is 5.92 Å². The van der Waals surface area contributed by atoms with Crippen LogP contribution in [-0.2, 0) is 11.3 Å². The first kappa shape index (κ1) is 21.0. The number of nitrogen functional groups attached to an aromatic ring is 1. The summed E-state index contributed by atoms with van der Waals surface area (Å²) < 4.78 is 2.10. The van der Waals surface area contributed by atoms with Crippen LogP contribution in [0.3, 0.4) is 0 Å². The monoisotopic (exact) mass is 472 g/mol. The molecule has 4 N–H and O–H groups in total. The minimum Gasteiger partial charge on any atom is -0.398 e.